The molecule has 0 atom stereocenters. The first-order chi connectivity index (χ1) is 8.24. The Balaban J connectivity index is 2.37. The largest absolute Gasteiger partial charge is 0.316 e. The number of nitrogens with zero attached hydrogens (tertiary/aromatic N) is 3. The standard InChI is InChI=1S/C13H18N4/c1-4-17-9-13(10(2)16-17)12-5-11(6-14-3)7-15-8-12/h5,7-9,14H,4,6H2,1-3H3. The van der Waals surface area contributed by atoms with Gasteiger partial charge in [0.1, 0.15) is 0 Å². The fourth-order valence-corrected chi connectivity index (χ4v) is 1.90. The molecule has 2 rings (SSSR count). The van der Waals surface area contributed by atoms with E-state index in [0.29, 0.717) is 0 Å². The number of rotatable bonds is 4. The highest BCUT2D eigenvalue weighted by Gasteiger charge is 2.07. The van der Waals surface area contributed by atoms with Crippen molar-refractivity contribution in [3.63, 3.8) is 0 Å². The maximum absolute atomic E-state index is 4.45. The number of aryl methyl sites for hydroxylation is 2. The fourth-order valence-electron chi connectivity index (χ4n) is 1.90. The Morgan fingerprint density at radius 1 is 1.35 bits per heavy atom. The van der Waals surface area contributed by atoms with Crippen LogP contribution in [0.2, 0.25) is 0 Å². The number of pyridine rings is 1. The molecule has 0 amide bonds. The predicted molar refractivity (Wildman–Crippen MR) is 68.6 cm³/mol. The van der Waals surface area contributed by atoms with Gasteiger partial charge in [-0.3, -0.25) is 9.67 Å². The van der Waals surface area contributed by atoms with Crippen LogP contribution in [0.3, 0.4) is 0 Å². The van der Waals surface area contributed by atoms with Gasteiger partial charge in [-0.15, -0.1) is 0 Å². The van der Waals surface area contributed by atoms with Gasteiger partial charge < -0.3 is 5.32 Å². The van der Waals surface area contributed by atoms with Gasteiger partial charge in [0.25, 0.3) is 0 Å². The quantitative estimate of drug-likeness (QED) is 0.873. The summed E-state index contributed by atoms with van der Waals surface area (Å²) in [6.45, 7) is 5.85. The lowest BCUT2D eigenvalue weighted by molar-refractivity contribution is 0.653. The molecule has 1 N–H and O–H groups in total. The summed E-state index contributed by atoms with van der Waals surface area (Å²) in [5, 5.41) is 7.59. The zero-order valence-electron chi connectivity index (χ0n) is 10.6. The van der Waals surface area contributed by atoms with Crippen molar-refractivity contribution in [3.05, 3.63) is 35.9 Å². The van der Waals surface area contributed by atoms with Crippen LogP contribution in [0.25, 0.3) is 11.1 Å². The Morgan fingerprint density at radius 3 is 2.82 bits per heavy atom. The summed E-state index contributed by atoms with van der Waals surface area (Å²) < 4.78 is 1.95. The maximum Gasteiger partial charge on any atom is 0.0672 e. The zero-order chi connectivity index (χ0) is 12.3. The van der Waals surface area contributed by atoms with Gasteiger partial charge in [-0.05, 0) is 32.5 Å². The van der Waals surface area contributed by atoms with Gasteiger partial charge in [-0.2, -0.15) is 5.10 Å². The van der Waals surface area contributed by atoms with E-state index in [-0.39, 0.29) is 0 Å². The molecule has 0 fully saturated rings. The Morgan fingerprint density at radius 2 is 2.18 bits per heavy atom. The molecule has 4 nitrogen and oxygen atoms in total. The molecule has 0 aliphatic rings. The van der Waals surface area contributed by atoms with E-state index in [2.05, 4.69) is 34.6 Å². The van der Waals surface area contributed by atoms with Crippen molar-refractivity contribution in [3.8, 4) is 11.1 Å². The van der Waals surface area contributed by atoms with E-state index >= 15 is 0 Å². The topological polar surface area (TPSA) is 42.7 Å². The molecule has 0 saturated carbocycles. The van der Waals surface area contributed by atoms with Gasteiger partial charge in [0.2, 0.25) is 0 Å². The highest BCUT2D eigenvalue weighted by Crippen LogP contribution is 2.22. The van der Waals surface area contributed by atoms with Crippen LogP contribution in [-0.2, 0) is 13.1 Å². The summed E-state index contributed by atoms with van der Waals surface area (Å²) in [6.07, 6.45) is 5.86. The van der Waals surface area contributed by atoms with Crippen molar-refractivity contribution in [1.29, 1.82) is 0 Å². The van der Waals surface area contributed by atoms with E-state index in [4.69, 9.17) is 0 Å². The lowest BCUT2D eigenvalue weighted by atomic mass is 10.1. The minimum atomic E-state index is 0.835. The third-order valence-corrected chi connectivity index (χ3v) is 2.76. The lowest BCUT2D eigenvalue weighted by Gasteiger charge is -2.03. The highest BCUT2D eigenvalue weighted by atomic mass is 15.3. The minimum absolute atomic E-state index is 0.835. The Labute approximate surface area is 102 Å². The van der Waals surface area contributed by atoms with E-state index in [1.807, 2.05) is 31.0 Å². The van der Waals surface area contributed by atoms with Gasteiger partial charge in [0, 0.05) is 42.8 Å². The number of aromatic nitrogens is 3. The lowest BCUT2D eigenvalue weighted by Crippen LogP contribution is -2.05. The van der Waals surface area contributed by atoms with E-state index in [0.717, 1.165) is 29.9 Å². The molecule has 4 heteroatoms. The van der Waals surface area contributed by atoms with Gasteiger partial charge in [0.05, 0.1) is 5.69 Å². The Kier molecular flexibility index (Phi) is 3.54. The molecular formula is C13H18N4. The molecule has 17 heavy (non-hydrogen) atoms. The van der Waals surface area contributed by atoms with Crippen LogP contribution in [0.5, 0.6) is 0 Å². The molecule has 0 bridgehead atoms. The first kappa shape index (κ1) is 11.8. The summed E-state index contributed by atoms with van der Waals surface area (Å²) in [7, 11) is 1.94. The number of nitrogens with one attached hydrogen (secondary N) is 1. The maximum atomic E-state index is 4.45. The van der Waals surface area contributed by atoms with E-state index in [9.17, 15) is 0 Å². The van der Waals surface area contributed by atoms with Gasteiger partial charge in [0.15, 0.2) is 0 Å². The van der Waals surface area contributed by atoms with Crippen molar-refractivity contribution in [2.45, 2.75) is 26.9 Å². The normalized spacial score (nSPS) is 10.8. The third-order valence-electron chi connectivity index (χ3n) is 2.76. The molecule has 0 aliphatic heterocycles. The van der Waals surface area contributed by atoms with Crippen LogP contribution in [0.1, 0.15) is 18.2 Å². The summed E-state index contributed by atoms with van der Waals surface area (Å²) >= 11 is 0. The molecular weight excluding hydrogens is 212 g/mol. The molecule has 2 aromatic heterocycles. The van der Waals surface area contributed by atoms with Crippen molar-refractivity contribution in [2.24, 2.45) is 0 Å². The van der Waals surface area contributed by atoms with Crippen molar-refractivity contribution in [2.75, 3.05) is 7.05 Å². The monoisotopic (exact) mass is 230 g/mol. The molecule has 0 unspecified atom stereocenters. The second kappa shape index (κ2) is 5.10. The smallest absolute Gasteiger partial charge is 0.0672 e. The minimum Gasteiger partial charge on any atom is -0.316 e. The summed E-state index contributed by atoms with van der Waals surface area (Å²) in [5.41, 5.74) is 4.54. The van der Waals surface area contributed by atoms with Crippen LogP contribution < -0.4 is 5.32 Å². The zero-order valence-corrected chi connectivity index (χ0v) is 10.6. The molecule has 0 aliphatic carbocycles. The average molecular weight is 230 g/mol. The van der Waals surface area contributed by atoms with Crippen LogP contribution >= 0.6 is 0 Å². The van der Waals surface area contributed by atoms with Gasteiger partial charge in [-0.25, -0.2) is 0 Å². The first-order valence-corrected chi connectivity index (χ1v) is 5.87. The predicted octanol–water partition coefficient (Wildman–Crippen LogP) is 1.99. The second-order valence-corrected chi connectivity index (χ2v) is 4.10. The van der Waals surface area contributed by atoms with E-state index < -0.39 is 0 Å². The molecule has 0 saturated heterocycles. The van der Waals surface area contributed by atoms with Crippen LogP contribution in [0, 0.1) is 6.92 Å². The number of hydrogen-bond acceptors (Lipinski definition) is 3. The highest BCUT2D eigenvalue weighted by molar-refractivity contribution is 5.64. The first-order valence-electron chi connectivity index (χ1n) is 5.87. The van der Waals surface area contributed by atoms with Gasteiger partial charge in [-0.1, -0.05) is 0 Å². The van der Waals surface area contributed by atoms with Crippen LogP contribution in [0.15, 0.2) is 24.7 Å². The van der Waals surface area contributed by atoms with Crippen molar-refractivity contribution < 1.29 is 0 Å². The average Bonchev–Trinajstić information content (AvgIpc) is 2.71. The Bertz CT molecular complexity index is 502. The second-order valence-electron chi connectivity index (χ2n) is 4.10. The molecule has 2 heterocycles. The summed E-state index contributed by atoms with van der Waals surface area (Å²) in [4.78, 5) is 4.28. The molecule has 0 radical (unpaired) electrons. The van der Waals surface area contributed by atoms with Gasteiger partial charge >= 0.3 is 0 Å². The SMILES string of the molecule is CCn1cc(-c2cncc(CNC)c2)c(C)n1. The van der Waals surface area contributed by atoms with Crippen molar-refractivity contribution >= 4 is 0 Å². The Hall–Kier alpha value is -1.68. The molecule has 90 valence electrons. The molecule has 0 spiro atoms. The van der Waals surface area contributed by atoms with Crippen molar-refractivity contribution in [1.82, 2.24) is 20.1 Å². The summed E-state index contributed by atoms with van der Waals surface area (Å²) in [5.74, 6) is 0. The summed E-state index contributed by atoms with van der Waals surface area (Å²) in [6, 6.07) is 2.16. The fraction of sp³-hybridized carbons (Fsp3) is 0.385. The number of hydrogen-bond donors (Lipinski definition) is 1. The van der Waals surface area contributed by atoms with E-state index in [1.165, 1.54) is 5.56 Å². The van der Waals surface area contributed by atoms with Crippen LogP contribution in [-0.4, -0.2) is 21.8 Å². The molecule has 2 aromatic rings. The molecule has 0 aromatic carbocycles. The van der Waals surface area contributed by atoms with Crippen LogP contribution in [0.4, 0.5) is 0 Å². The van der Waals surface area contributed by atoms with E-state index in [1.54, 1.807) is 0 Å². The third kappa shape index (κ3) is 2.53.